The van der Waals surface area contributed by atoms with Crippen molar-refractivity contribution in [2.75, 3.05) is 39.3 Å². The molecule has 1 aliphatic carbocycles. The van der Waals surface area contributed by atoms with E-state index in [0.717, 1.165) is 51.9 Å². The summed E-state index contributed by atoms with van der Waals surface area (Å²) < 4.78 is 0. The van der Waals surface area contributed by atoms with Crippen molar-refractivity contribution in [2.45, 2.75) is 32.6 Å². The molecule has 3 aliphatic rings. The van der Waals surface area contributed by atoms with Crippen LogP contribution in [0.3, 0.4) is 0 Å². The minimum Gasteiger partial charge on any atom is -0.341 e. The van der Waals surface area contributed by atoms with Crippen LogP contribution in [0.1, 0.15) is 32.6 Å². The third kappa shape index (κ3) is 2.55. The average molecular weight is 279 g/mol. The third-order valence-corrected chi connectivity index (χ3v) is 5.34. The standard InChI is InChI=1S/C15H25N3O2/c1-12(19)17-7-2-8-18(10-9-17)14(20)13-11-15(13)3-5-16-6-4-15/h13,16H,2-11H2,1H3. The molecule has 0 aromatic heterocycles. The molecule has 1 spiro atoms. The van der Waals surface area contributed by atoms with Crippen molar-refractivity contribution in [1.29, 1.82) is 0 Å². The van der Waals surface area contributed by atoms with Crippen LogP contribution in [0, 0.1) is 11.3 Å². The summed E-state index contributed by atoms with van der Waals surface area (Å²) >= 11 is 0. The van der Waals surface area contributed by atoms with Gasteiger partial charge in [0.15, 0.2) is 0 Å². The van der Waals surface area contributed by atoms with E-state index >= 15 is 0 Å². The Morgan fingerprint density at radius 3 is 2.40 bits per heavy atom. The van der Waals surface area contributed by atoms with Gasteiger partial charge in [0, 0.05) is 39.0 Å². The molecule has 2 aliphatic heterocycles. The third-order valence-electron chi connectivity index (χ3n) is 5.34. The van der Waals surface area contributed by atoms with E-state index in [1.54, 1.807) is 6.92 Å². The van der Waals surface area contributed by atoms with E-state index in [0.29, 0.717) is 24.4 Å². The molecule has 0 bridgehead atoms. The molecular weight excluding hydrogens is 254 g/mol. The van der Waals surface area contributed by atoms with Gasteiger partial charge in [-0.25, -0.2) is 0 Å². The number of carbonyl (C=O) groups is 2. The number of nitrogens with one attached hydrogen (secondary N) is 1. The molecule has 112 valence electrons. The molecule has 0 aromatic carbocycles. The average Bonchev–Trinajstić information content (AvgIpc) is 3.18. The van der Waals surface area contributed by atoms with E-state index in [1.165, 1.54) is 0 Å². The Hall–Kier alpha value is -1.10. The van der Waals surface area contributed by atoms with E-state index in [9.17, 15) is 9.59 Å². The van der Waals surface area contributed by atoms with Gasteiger partial charge in [-0.05, 0) is 44.2 Å². The maximum Gasteiger partial charge on any atom is 0.226 e. The number of nitrogens with zero attached hydrogens (tertiary/aromatic N) is 2. The highest BCUT2D eigenvalue weighted by Gasteiger charge is 2.58. The van der Waals surface area contributed by atoms with Gasteiger partial charge in [-0.2, -0.15) is 0 Å². The largest absolute Gasteiger partial charge is 0.341 e. The minimum atomic E-state index is 0.126. The highest BCUT2D eigenvalue weighted by molar-refractivity contribution is 5.83. The van der Waals surface area contributed by atoms with Crippen molar-refractivity contribution >= 4 is 11.8 Å². The fraction of sp³-hybridized carbons (Fsp3) is 0.867. The molecule has 1 N–H and O–H groups in total. The Morgan fingerprint density at radius 2 is 1.70 bits per heavy atom. The Balaban J connectivity index is 1.57. The first kappa shape index (κ1) is 13.9. The quantitative estimate of drug-likeness (QED) is 0.758. The lowest BCUT2D eigenvalue weighted by molar-refractivity contribution is -0.134. The molecule has 3 fully saturated rings. The van der Waals surface area contributed by atoms with Crippen molar-refractivity contribution in [3.05, 3.63) is 0 Å². The molecule has 3 rings (SSSR count). The van der Waals surface area contributed by atoms with Crippen LogP contribution in [-0.4, -0.2) is 60.9 Å². The van der Waals surface area contributed by atoms with Gasteiger partial charge in [0.05, 0.1) is 0 Å². The van der Waals surface area contributed by atoms with E-state index in [-0.39, 0.29) is 11.8 Å². The minimum absolute atomic E-state index is 0.126. The van der Waals surface area contributed by atoms with Crippen LogP contribution in [0.4, 0.5) is 0 Å². The summed E-state index contributed by atoms with van der Waals surface area (Å²) in [5.74, 6) is 0.728. The van der Waals surface area contributed by atoms with Crippen LogP contribution in [0.25, 0.3) is 0 Å². The van der Waals surface area contributed by atoms with Crippen molar-refractivity contribution in [2.24, 2.45) is 11.3 Å². The number of hydrogen-bond donors (Lipinski definition) is 1. The lowest BCUT2D eigenvalue weighted by Crippen LogP contribution is -2.39. The number of piperidine rings is 1. The summed E-state index contributed by atoms with van der Waals surface area (Å²) in [4.78, 5) is 28.0. The van der Waals surface area contributed by atoms with Crippen LogP contribution in [-0.2, 0) is 9.59 Å². The van der Waals surface area contributed by atoms with E-state index in [2.05, 4.69) is 5.32 Å². The normalized spacial score (nSPS) is 29.1. The SMILES string of the molecule is CC(=O)N1CCCN(C(=O)C2CC23CCNCC3)CC1. The second-order valence-electron chi connectivity index (χ2n) is 6.55. The molecular formula is C15H25N3O2. The summed E-state index contributed by atoms with van der Waals surface area (Å²) in [6, 6.07) is 0. The smallest absolute Gasteiger partial charge is 0.226 e. The zero-order valence-corrected chi connectivity index (χ0v) is 12.4. The summed E-state index contributed by atoms with van der Waals surface area (Å²) in [7, 11) is 0. The van der Waals surface area contributed by atoms with Gasteiger partial charge in [0.1, 0.15) is 0 Å². The van der Waals surface area contributed by atoms with Gasteiger partial charge in [-0.1, -0.05) is 0 Å². The molecule has 5 heteroatoms. The molecule has 20 heavy (non-hydrogen) atoms. The first-order valence-electron chi connectivity index (χ1n) is 7.87. The Labute approximate surface area is 120 Å². The van der Waals surface area contributed by atoms with Crippen molar-refractivity contribution < 1.29 is 9.59 Å². The van der Waals surface area contributed by atoms with E-state index in [4.69, 9.17) is 0 Å². The summed E-state index contributed by atoms with van der Waals surface area (Å²) in [6.07, 6.45) is 4.29. The van der Waals surface area contributed by atoms with Crippen LogP contribution in [0.15, 0.2) is 0 Å². The fourth-order valence-corrected chi connectivity index (χ4v) is 3.85. The van der Waals surface area contributed by atoms with Gasteiger partial charge >= 0.3 is 0 Å². The van der Waals surface area contributed by atoms with Crippen molar-refractivity contribution in [3.63, 3.8) is 0 Å². The van der Waals surface area contributed by atoms with E-state index in [1.807, 2.05) is 9.80 Å². The molecule has 5 nitrogen and oxygen atoms in total. The predicted molar refractivity (Wildman–Crippen MR) is 76.1 cm³/mol. The fourth-order valence-electron chi connectivity index (χ4n) is 3.85. The molecule has 0 radical (unpaired) electrons. The first-order chi connectivity index (χ1) is 9.62. The monoisotopic (exact) mass is 279 g/mol. The predicted octanol–water partition coefficient (Wildman–Crippen LogP) is 0.457. The summed E-state index contributed by atoms with van der Waals surface area (Å²) in [5.41, 5.74) is 0.314. The van der Waals surface area contributed by atoms with Gasteiger partial charge < -0.3 is 15.1 Å². The molecule has 1 atom stereocenters. The molecule has 0 aromatic rings. The second kappa shape index (κ2) is 5.35. The highest BCUT2D eigenvalue weighted by Crippen LogP contribution is 2.59. The Morgan fingerprint density at radius 1 is 1.05 bits per heavy atom. The molecule has 1 unspecified atom stereocenters. The van der Waals surface area contributed by atoms with Crippen LogP contribution >= 0.6 is 0 Å². The van der Waals surface area contributed by atoms with Gasteiger partial charge in [0.2, 0.25) is 11.8 Å². The van der Waals surface area contributed by atoms with Crippen LogP contribution in [0.2, 0.25) is 0 Å². The molecule has 2 heterocycles. The lowest BCUT2D eigenvalue weighted by atomic mass is 9.91. The second-order valence-corrected chi connectivity index (χ2v) is 6.55. The van der Waals surface area contributed by atoms with Crippen LogP contribution < -0.4 is 5.32 Å². The maximum atomic E-state index is 12.7. The molecule has 2 amide bonds. The maximum absolute atomic E-state index is 12.7. The van der Waals surface area contributed by atoms with Gasteiger partial charge in [0.25, 0.3) is 0 Å². The number of carbonyl (C=O) groups excluding carboxylic acids is 2. The highest BCUT2D eigenvalue weighted by atomic mass is 16.2. The summed E-state index contributed by atoms with van der Waals surface area (Å²) in [6.45, 7) is 6.74. The first-order valence-corrected chi connectivity index (χ1v) is 7.87. The van der Waals surface area contributed by atoms with Crippen molar-refractivity contribution in [3.8, 4) is 0 Å². The number of amides is 2. The van der Waals surface area contributed by atoms with Crippen molar-refractivity contribution in [1.82, 2.24) is 15.1 Å². The van der Waals surface area contributed by atoms with E-state index < -0.39 is 0 Å². The Kier molecular flexibility index (Phi) is 3.71. The Bertz CT molecular complexity index is 404. The lowest BCUT2D eigenvalue weighted by Gasteiger charge is -2.26. The number of rotatable bonds is 1. The van der Waals surface area contributed by atoms with Gasteiger partial charge in [-0.15, -0.1) is 0 Å². The van der Waals surface area contributed by atoms with Crippen LogP contribution in [0.5, 0.6) is 0 Å². The zero-order valence-electron chi connectivity index (χ0n) is 12.4. The molecule has 2 saturated heterocycles. The number of hydrogen-bond acceptors (Lipinski definition) is 3. The zero-order chi connectivity index (χ0) is 14.2. The molecule has 1 saturated carbocycles. The van der Waals surface area contributed by atoms with Gasteiger partial charge in [-0.3, -0.25) is 9.59 Å². The topological polar surface area (TPSA) is 52.7 Å². The summed E-state index contributed by atoms with van der Waals surface area (Å²) in [5, 5.41) is 3.38.